The fourth-order valence-corrected chi connectivity index (χ4v) is 2.38. The van der Waals surface area contributed by atoms with Crippen LogP contribution in [0.25, 0.3) is 0 Å². The molecule has 32 heavy (non-hydrogen) atoms. The average Bonchev–Trinajstić information content (AvgIpc) is 2.70. The fourth-order valence-electron chi connectivity index (χ4n) is 2.38. The molecule has 0 fully saturated rings. The third kappa shape index (κ3) is 8.20. The van der Waals surface area contributed by atoms with Gasteiger partial charge in [0.2, 0.25) is 0 Å². The number of nitrogens with one attached hydrogen (secondary N) is 2. The van der Waals surface area contributed by atoms with Gasteiger partial charge in [0.1, 0.15) is 17.4 Å². The lowest BCUT2D eigenvalue weighted by atomic mass is 10.2. The molecule has 0 spiro atoms. The van der Waals surface area contributed by atoms with E-state index in [2.05, 4.69) is 15.4 Å². The Morgan fingerprint density at radius 1 is 0.969 bits per heavy atom. The van der Waals surface area contributed by atoms with E-state index in [9.17, 15) is 36.3 Å². The van der Waals surface area contributed by atoms with E-state index in [4.69, 9.17) is 4.74 Å². The lowest BCUT2D eigenvalue weighted by molar-refractivity contribution is -0.274. The molecular weight excluding hydrogens is 443 g/mol. The summed E-state index contributed by atoms with van der Waals surface area (Å²) >= 11 is 0. The first kappa shape index (κ1) is 24.6. The van der Waals surface area contributed by atoms with Crippen LogP contribution in [0, 0.1) is 11.6 Å². The molecule has 2 amide bonds. The number of halogens is 5. The molecule has 0 aromatic heterocycles. The molecule has 172 valence electrons. The highest BCUT2D eigenvalue weighted by Crippen LogP contribution is 2.26. The van der Waals surface area contributed by atoms with Crippen molar-refractivity contribution in [1.82, 2.24) is 10.6 Å². The molecule has 0 bridgehead atoms. The van der Waals surface area contributed by atoms with Crippen LogP contribution in [0.2, 0.25) is 0 Å². The third-order valence-electron chi connectivity index (χ3n) is 3.83. The predicted molar refractivity (Wildman–Crippen MR) is 99.2 cm³/mol. The first-order valence-corrected chi connectivity index (χ1v) is 9.04. The standard InChI is InChI=1S/C20H17F5N2O5/c21-13-5-6-14(15(22)9-13)19(30)26-8-7-18(29)31-11-17(28)27-10-12-3-1-2-4-16(12)32-20(23,24)25/h1-6,9H,7-8,10-11H2,(H,26,30)(H,27,28). The molecule has 7 nitrogen and oxygen atoms in total. The van der Waals surface area contributed by atoms with E-state index >= 15 is 0 Å². The highest BCUT2D eigenvalue weighted by atomic mass is 19.4. The van der Waals surface area contributed by atoms with Crippen LogP contribution in [0.3, 0.4) is 0 Å². The molecule has 2 rings (SSSR count). The maximum Gasteiger partial charge on any atom is 0.573 e. The van der Waals surface area contributed by atoms with E-state index < -0.39 is 53.7 Å². The van der Waals surface area contributed by atoms with Crippen molar-refractivity contribution >= 4 is 17.8 Å². The minimum Gasteiger partial charge on any atom is -0.456 e. The number of carbonyl (C=O) groups excluding carboxylic acids is 3. The molecule has 0 saturated heterocycles. The number of alkyl halides is 3. The van der Waals surface area contributed by atoms with Crippen LogP contribution < -0.4 is 15.4 Å². The summed E-state index contributed by atoms with van der Waals surface area (Å²) in [7, 11) is 0. The smallest absolute Gasteiger partial charge is 0.456 e. The molecule has 0 saturated carbocycles. The molecule has 0 unspecified atom stereocenters. The summed E-state index contributed by atoms with van der Waals surface area (Å²) < 4.78 is 72.0. The maximum absolute atomic E-state index is 13.5. The normalized spacial score (nSPS) is 10.9. The van der Waals surface area contributed by atoms with Crippen LogP contribution in [0.15, 0.2) is 42.5 Å². The summed E-state index contributed by atoms with van der Waals surface area (Å²) in [6.07, 6.45) is -5.24. The molecular formula is C20H17F5N2O5. The van der Waals surface area contributed by atoms with Gasteiger partial charge >= 0.3 is 12.3 Å². The Morgan fingerprint density at radius 2 is 1.69 bits per heavy atom. The minimum atomic E-state index is -4.90. The highest BCUT2D eigenvalue weighted by Gasteiger charge is 2.32. The van der Waals surface area contributed by atoms with Crippen LogP contribution >= 0.6 is 0 Å². The molecule has 2 N–H and O–H groups in total. The first-order chi connectivity index (χ1) is 15.0. The van der Waals surface area contributed by atoms with Gasteiger partial charge in [-0.25, -0.2) is 8.78 Å². The average molecular weight is 460 g/mol. The molecule has 0 aliphatic carbocycles. The van der Waals surface area contributed by atoms with Crippen LogP contribution in [0.1, 0.15) is 22.3 Å². The number of benzene rings is 2. The predicted octanol–water partition coefficient (Wildman–Crippen LogP) is 2.84. The van der Waals surface area contributed by atoms with E-state index in [1.54, 1.807) is 0 Å². The van der Waals surface area contributed by atoms with Crippen molar-refractivity contribution in [1.29, 1.82) is 0 Å². The Balaban J connectivity index is 1.71. The summed E-state index contributed by atoms with van der Waals surface area (Å²) in [5, 5.41) is 4.52. The summed E-state index contributed by atoms with van der Waals surface area (Å²) in [5.74, 6) is -4.90. The van der Waals surface area contributed by atoms with E-state index in [1.807, 2.05) is 0 Å². The van der Waals surface area contributed by atoms with Crippen LogP contribution in [-0.4, -0.2) is 37.3 Å². The zero-order valence-electron chi connectivity index (χ0n) is 16.3. The topological polar surface area (TPSA) is 93.7 Å². The molecule has 0 atom stereocenters. The van der Waals surface area contributed by atoms with Gasteiger partial charge in [-0.1, -0.05) is 18.2 Å². The highest BCUT2D eigenvalue weighted by molar-refractivity contribution is 5.94. The molecule has 2 aromatic rings. The number of hydrogen-bond donors (Lipinski definition) is 2. The van der Waals surface area contributed by atoms with E-state index in [0.29, 0.717) is 6.07 Å². The Morgan fingerprint density at radius 3 is 2.38 bits per heavy atom. The molecule has 12 heteroatoms. The number of hydrogen-bond acceptors (Lipinski definition) is 5. The first-order valence-electron chi connectivity index (χ1n) is 9.04. The Kier molecular flexibility index (Phi) is 8.50. The van der Waals surface area contributed by atoms with Gasteiger partial charge in [0.05, 0.1) is 12.0 Å². The number of esters is 1. The molecule has 0 aliphatic rings. The van der Waals surface area contributed by atoms with Gasteiger partial charge in [0.15, 0.2) is 6.61 Å². The van der Waals surface area contributed by atoms with Crippen molar-refractivity contribution in [2.24, 2.45) is 0 Å². The van der Waals surface area contributed by atoms with Crippen molar-refractivity contribution in [3.05, 3.63) is 65.2 Å². The molecule has 0 heterocycles. The lowest BCUT2D eigenvalue weighted by Crippen LogP contribution is -2.30. The Hall–Kier alpha value is -3.70. The molecule has 0 radical (unpaired) electrons. The SMILES string of the molecule is O=C(COC(=O)CCNC(=O)c1ccc(F)cc1F)NCc1ccccc1OC(F)(F)F. The zero-order chi connectivity index (χ0) is 23.7. The number of amides is 2. The monoisotopic (exact) mass is 460 g/mol. The molecule has 0 aliphatic heterocycles. The van der Waals surface area contributed by atoms with Crippen LogP contribution in [0.5, 0.6) is 5.75 Å². The largest absolute Gasteiger partial charge is 0.573 e. The van der Waals surface area contributed by atoms with Crippen molar-refractivity contribution in [3.8, 4) is 5.75 Å². The number of ether oxygens (including phenoxy) is 2. The number of rotatable bonds is 9. The maximum atomic E-state index is 13.5. The summed E-state index contributed by atoms with van der Waals surface area (Å²) in [6, 6.07) is 7.57. The van der Waals surface area contributed by atoms with E-state index in [1.165, 1.54) is 18.2 Å². The van der Waals surface area contributed by atoms with Crippen molar-refractivity contribution < 1.29 is 45.8 Å². The quantitative estimate of drug-likeness (QED) is 0.444. The van der Waals surface area contributed by atoms with Gasteiger partial charge in [0.25, 0.3) is 11.8 Å². The Bertz CT molecular complexity index is 981. The summed E-state index contributed by atoms with van der Waals surface area (Å²) in [6.45, 7) is -1.25. The van der Waals surface area contributed by atoms with Gasteiger partial charge < -0.3 is 20.1 Å². The van der Waals surface area contributed by atoms with Crippen molar-refractivity contribution in [3.63, 3.8) is 0 Å². The minimum absolute atomic E-state index is 0.0558. The fraction of sp³-hybridized carbons (Fsp3) is 0.250. The lowest BCUT2D eigenvalue weighted by Gasteiger charge is -2.13. The van der Waals surface area contributed by atoms with Gasteiger partial charge in [-0.15, -0.1) is 13.2 Å². The third-order valence-corrected chi connectivity index (χ3v) is 3.83. The van der Waals surface area contributed by atoms with E-state index in [-0.39, 0.29) is 25.1 Å². The summed E-state index contributed by atoms with van der Waals surface area (Å²) in [4.78, 5) is 35.2. The van der Waals surface area contributed by atoms with Gasteiger partial charge in [-0.05, 0) is 18.2 Å². The van der Waals surface area contributed by atoms with E-state index in [0.717, 1.165) is 18.2 Å². The summed E-state index contributed by atoms with van der Waals surface area (Å²) in [5.41, 5.74) is -0.353. The van der Waals surface area contributed by atoms with Crippen molar-refractivity contribution in [2.45, 2.75) is 19.3 Å². The second kappa shape index (κ2) is 11.1. The second-order valence-electron chi connectivity index (χ2n) is 6.22. The van der Waals surface area contributed by atoms with Gasteiger partial charge in [0, 0.05) is 24.7 Å². The molecule has 2 aromatic carbocycles. The van der Waals surface area contributed by atoms with Crippen LogP contribution in [0.4, 0.5) is 22.0 Å². The van der Waals surface area contributed by atoms with Crippen molar-refractivity contribution in [2.75, 3.05) is 13.2 Å². The number of carbonyl (C=O) groups is 3. The second-order valence-corrected chi connectivity index (χ2v) is 6.22. The Labute approximate surface area is 178 Å². The van der Waals surface area contributed by atoms with Gasteiger partial charge in [-0.2, -0.15) is 0 Å². The van der Waals surface area contributed by atoms with Crippen LogP contribution in [-0.2, 0) is 20.9 Å². The zero-order valence-corrected chi connectivity index (χ0v) is 16.3. The van der Waals surface area contributed by atoms with Gasteiger partial charge in [-0.3, -0.25) is 14.4 Å². The number of para-hydroxylation sites is 1.